The molecular weight excluding hydrogens is 329 g/mol. The number of hydrogen-bond donors (Lipinski definition) is 1. The smallest absolute Gasteiger partial charge is 0.261 e. The lowest BCUT2D eigenvalue weighted by Gasteiger charge is -2.26. The number of amides is 2. The van der Waals surface area contributed by atoms with E-state index in [2.05, 4.69) is 10.3 Å². The lowest BCUT2D eigenvalue weighted by molar-refractivity contribution is -0.135. The molecule has 1 aliphatic carbocycles. The normalized spacial score (nSPS) is 24.6. The van der Waals surface area contributed by atoms with Gasteiger partial charge in [0.2, 0.25) is 11.8 Å². The second-order valence-corrected chi connectivity index (χ2v) is 6.38. The van der Waals surface area contributed by atoms with Crippen molar-refractivity contribution in [2.45, 2.75) is 37.6 Å². The third kappa shape index (κ3) is 2.46. The molecule has 1 aromatic rings. The van der Waals surface area contributed by atoms with Crippen molar-refractivity contribution in [1.82, 2.24) is 14.9 Å². The van der Waals surface area contributed by atoms with Gasteiger partial charge in [0.15, 0.2) is 0 Å². The number of rotatable bonds is 1. The van der Waals surface area contributed by atoms with E-state index in [0.29, 0.717) is 28.5 Å². The van der Waals surface area contributed by atoms with Crippen LogP contribution in [0.1, 0.15) is 47.8 Å². The van der Waals surface area contributed by atoms with Crippen molar-refractivity contribution >= 4 is 41.1 Å². The van der Waals surface area contributed by atoms with Gasteiger partial charge in [-0.2, -0.15) is 0 Å². The van der Waals surface area contributed by atoms with E-state index >= 15 is 0 Å². The summed E-state index contributed by atoms with van der Waals surface area (Å²) in [7, 11) is 0. The number of nitrogens with zero attached hydrogens (tertiary/aromatic N) is 2. The van der Waals surface area contributed by atoms with Crippen molar-refractivity contribution in [3.8, 4) is 0 Å². The first-order chi connectivity index (χ1) is 10.4. The molecule has 1 N–H and O–H groups in total. The van der Waals surface area contributed by atoms with Gasteiger partial charge in [0.05, 0.1) is 16.6 Å². The standard InChI is InChI=1S/C14H13Cl2N3O3/c1-6-17-12-8(4-7(15)5-9(12)16)14(22)19(6)10-2-3-11(20)18-13(10)21/h4,9-10H,2-3,5H2,1H3,(H,18,20,21). The Balaban J connectivity index is 2.15. The number of halogens is 2. The Morgan fingerprint density at radius 2 is 2.09 bits per heavy atom. The number of hydrogen-bond acceptors (Lipinski definition) is 4. The van der Waals surface area contributed by atoms with Crippen LogP contribution in [-0.2, 0) is 9.59 Å². The zero-order chi connectivity index (χ0) is 16.0. The summed E-state index contributed by atoms with van der Waals surface area (Å²) in [6.45, 7) is 1.65. The highest BCUT2D eigenvalue weighted by Gasteiger charge is 2.32. The minimum absolute atomic E-state index is 0.189. The fourth-order valence-corrected chi connectivity index (χ4v) is 3.50. The third-order valence-corrected chi connectivity index (χ3v) is 4.47. The Kier molecular flexibility index (Phi) is 3.82. The molecule has 1 fully saturated rings. The molecule has 8 heteroatoms. The number of nitrogens with one attached hydrogen (secondary N) is 1. The van der Waals surface area contributed by atoms with E-state index in [1.165, 1.54) is 4.57 Å². The Hall–Kier alpha value is -1.66. The van der Waals surface area contributed by atoms with Crippen molar-refractivity contribution < 1.29 is 9.59 Å². The average molecular weight is 342 g/mol. The summed E-state index contributed by atoms with van der Waals surface area (Å²) in [6.07, 6.45) is 2.43. The quantitative estimate of drug-likeness (QED) is 0.623. The Labute approximate surface area is 136 Å². The van der Waals surface area contributed by atoms with Crippen molar-refractivity contribution in [2.75, 3.05) is 0 Å². The molecule has 0 spiro atoms. The Morgan fingerprint density at radius 1 is 1.36 bits per heavy atom. The Bertz CT molecular complexity index is 769. The minimum atomic E-state index is -0.745. The molecule has 2 heterocycles. The first-order valence-corrected chi connectivity index (χ1v) is 7.66. The molecule has 6 nitrogen and oxygen atoms in total. The molecule has 1 aromatic heterocycles. The minimum Gasteiger partial charge on any atom is -0.295 e. The second-order valence-electron chi connectivity index (χ2n) is 5.36. The lowest BCUT2D eigenvalue weighted by Crippen LogP contribution is -2.46. The van der Waals surface area contributed by atoms with E-state index in [1.807, 2.05) is 0 Å². The van der Waals surface area contributed by atoms with Crippen LogP contribution < -0.4 is 10.9 Å². The maximum Gasteiger partial charge on any atom is 0.261 e. The van der Waals surface area contributed by atoms with Crippen LogP contribution in [0.3, 0.4) is 0 Å². The fraction of sp³-hybridized carbons (Fsp3) is 0.429. The summed E-state index contributed by atoms with van der Waals surface area (Å²) < 4.78 is 1.32. The van der Waals surface area contributed by atoms with Crippen LogP contribution in [0.15, 0.2) is 9.83 Å². The molecule has 1 aliphatic heterocycles. The highest BCUT2D eigenvalue weighted by atomic mass is 35.5. The molecule has 3 rings (SSSR count). The van der Waals surface area contributed by atoms with Crippen LogP contribution in [0.2, 0.25) is 0 Å². The first kappa shape index (κ1) is 15.2. The van der Waals surface area contributed by atoms with Gasteiger partial charge in [-0.25, -0.2) is 4.98 Å². The highest BCUT2D eigenvalue weighted by Crippen LogP contribution is 2.35. The van der Waals surface area contributed by atoms with Gasteiger partial charge in [-0.05, 0) is 19.4 Å². The van der Waals surface area contributed by atoms with Gasteiger partial charge in [-0.15, -0.1) is 11.6 Å². The van der Waals surface area contributed by atoms with Gasteiger partial charge >= 0.3 is 0 Å². The van der Waals surface area contributed by atoms with Crippen molar-refractivity contribution in [3.63, 3.8) is 0 Å². The number of carbonyl (C=O) groups is 2. The maximum atomic E-state index is 12.7. The summed E-state index contributed by atoms with van der Waals surface area (Å²) in [5.41, 5.74) is 0.434. The van der Waals surface area contributed by atoms with Crippen LogP contribution in [0.5, 0.6) is 0 Å². The van der Waals surface area contributed by atoms with Gasteiger partial charge < -0.3 is 0 Å². The second kappa shape index (κ2) is 5.52. The van der Waals surface area contributed by atoms with E-state index in [9.17, 15) is 14.4 Å². The van der Waals surface area contributed by atoms with Crippen molar-refractivity contribution in [1.29, 1.82) is 0 Å². The summed E-state index contributed by atoms with van der Waals surface area (Å²) >= 11 is 12.2. The number of carbonyl (C=O) groups excluding carboxylic acids is 2. The molecule has 0 saturated carbocycles. The first-order valence-electron chi connectivity index (χ1n) is 6.85. The van der Waals surface area contributed by atoms with E-state index in [1.54, 1.807) is 13.0 Å². The van der Waals surface area contributed by atoms with Crippen molar-refractivity contribution in [3.05, 3.63) is 32.5 Å². The fourth-order valence-electron chi connectivity index (χ4n) is 2.83. The van der Waals surface area contributed by atoms with Gasteiger partial charge in [0.1, 0.15) is 11.9 Å². The molecular formula is C14H13Cl2N3O3. The van der Waals surface area contributed by atoms with Crippen LogP contribution in [0.25, 0.3) is 6.08 Å². The number of allylic oxidation sites excluding steroid dienone is 1. The molecule has 0 bridgehead atoms. The highest BCUT2D eigenvalue weighted by molar-refractivity contribution is 6.33. The maximum absolute atomic E-state index is 12.7. The number of aryl methyl sites for hydroxylation is 1. The summed E-state index contributed by atoms with van der Waals surface area (Å²) in [6, 6.07) is -0.745. The monoisotopic (exact) mass is 341 g/mol. The molecule has 2 aliphatic rings. The number of aromatic nitrogens is 2. The third-order valence-electron chi connectivity index (χ3n) is 3.85. The van der Waals surface area contributed by atoms with E-state index in [4.69, 9.17) is 23.2 Å². The Morgan fingerprint density at radius 3 is 2.77 bits per heavy atom. The molecule has 0 radical (unpaired) electrons. The van der Waals surface area contributed by atoms with E-state index in [0.717, 1.165) is 0 Å². The molecule has 22 heavy (non-hydrogen) atoms. The largest absolute Gasteiger partial charge is 0.295 e. The van der Waals surface area contributed by atoms with Gasteiger partial charge in [-0.3, -0.25) is 24.3 Å². The number of fused-ring (bicyclic) bond motifs is 1. The predicted molar refractivity (Wildman–Crippen MR) is 81.7 cm³/mol. The summed E-state index contributed by atoms with van der Waals surface area (Å²) in [5.74, 6) is -0.423. The van der Waals surface area contributed by atoms with Crippen LogP contribution in [0.4, 0.5) is 0 Å². The molecule has 1 saturated heterocycles. The summed E-state index contributed by atoms with van der Waals surface area (Å²) in [4.78, 5) is 40.4. The lowest BCUT2D eigenvalue weighted by atomic mass is 10.0. The van der Waals surface area contributed by atoms with Crippen LogP contribution >= 0.6 is 23.2 Å². The molecule has 0 aromatic carbocycles. The topological polar surface area (TPSA) is 81.1 Å². The van der Waals surface area contributed by atoms with Gasteiger partial charge in [0.25, 0.3) is 5.56 Å². The molecule has 2 atom stereocenters. The van der Waals surface area contributed by atoms with E-state index < -0.39 is 17.3 Å². The predicted octanol–water partition coefficient (Wildman–Crippen LogP) is 1.79. The van der Waals surface area contributed by atoms with E-state index in [-0.39, 0.29) is 24.3 Å². The van der Waals surface area contributed by atoms with Crippen molar-refractivity contribution in [2.24, 2.45) is 0 Å². The molecule has 116 valence electrons. The number of alkyl halides is 1. The summed E-state index contributed by atoms with van der Waals surface area (Å²) in [5, 5.41) is 2.26. The van der Waals surface area contributed by atoms with Crippen LogP contribution in [-0.4, -0.2) is 21.4 Å². The van der Waals surface area contributed by atoms with Gasteiger partial charge in [-0.1, -0.05) is 11.6 Å². The van der Waals surface area contributed by atoms with Crippen LogP contribution in [0, 0.1) is 6.92 Å². The number of imide groups is 1. The molecule has 2 amide bonds. The zero-order valence-corrected chi connectivity index (χ0v) is 13.2. The number of piperidine rings is 1. The average Bonchev–Trinajstić information content (AvgIpc) is 2.42. The van der Waals surface area contributed by atoms with Gasteiger partial charge in [0, 0.05) is 17.9 Å². The molecule has 2 unspecified atom stereocenters. The zero-order valence-electron chi connectivity index (χ0n) is 11.7. The SMILES string of the molecule is Cc1nc2c(c(=O)n1C1CCC(=O)NC1=O)C=C(Cl)CC2Cl.